The molecule has 0 bridgehead atoms. The standard InChI is InChI=1S/C19H22N2O4/c1-24-15-10-11-16(17(13-15)25-2)21-19(23)18(22)20-12-6-9-14-7-4-3-5-8-14/h3-5,7-8,10-11,13H,6,9,12H2,1-2H3,(H,20,22)(H,21,23). The maximum absolute atomic E-state index is 12.0. The van der Waals surface area contributed by atoms with Gasteiger partial charge in [-0.15, -0.1) is 0 Å². The van der Waals surface area contributed by atoms with Gasteiger partial charge in [0.05, 0.1) is 19.9 Å². The Morgan fingerprint density at radius 2 is 1.72 bits per heavy atom. The Morgan fingerprint density at radius 3 is 2.40 bits per heavy atom. The maximum atomic E-state index is 12.0. The molecule has 25 heavy (non-hydrogen) atoms. The Bertz CT molecular complexity index is 717. The zero-order valence-electron chi connectivity index (χ0n) is 14.4. The molecule has 0 unspecified atom stereocenters. The predicted molar refractivity (Wildman–Crippen MR) is 95.9 cm³/mol. The highest BCUT2D eigenvalue weighted by Crippen LogP contribution is 2.28. The maximum Gasteiger partial charge on any atom is 0.313 e. The van der Waals surface area contributed by atoms with Gasteiger partial charge < -0.3 is 20.1 Å². The van der Waals surface area contributed by atoms with E-state index in [9.17, 15) is 9.59 Å². The summed E-state index contributed by atoms with van der Waals surface area (Å²) in [6.45, 7) is 0.431. The third-order valence-corrected chi connectivity index (χ3v) is 3.63. The second kappa shape index (κ2) is 9.32. The van der Waals surface area contributed by atoms with Crippen molar-refractivity contribution >= 4 is 17.5 Å². The lowest BCUT2D eigenvalue weighted by atomic mass is 10.1. The minimum Gasteiger partial charge on any atom is -0.497 e. The Labute approximate surface area is 147 Å². The third kappa shape index (κ3) is 5.53. The van der Waals surface area contributed by atoms with Gasteiger partial charge in [-0.2, -0.15) is 0 Å². The van der Waals surface area contributed by atoms with Gasteiger partial charge in [0.15, 0.2) is 0 Å². The van der Waals surface area contributed by atoms with Crippen LogP contribution in [0.3, 0.4) is 0 Å². The molecule has 0 aliphatic rings. The molecule has 0 fully saturated rings. The van der Waals surface area contributed by atoms with Gasteiger partial charge in [0, 0.05) is 12.6 Å². The zero-order chi connectivity index (χ0) is 18.1. The van der Waals surface area contributed by atoms with Crippen molar-refractivity contribution in [3.63, 3.8) is 0 Å². The molecular weight excluding hydrogens is 320 g/mol. The van der Waals surface area contributed by atoms with E-state index in [4.69, 9.17) is 9.47 Å². The molecule has 2 N–H and O–H groups in total. The summed E-state index contributed by atoms with van der Waals surface area (Å²) in [7, 11) is 3.02. The lowest BCUT2D eigenvalue weighted by Gasteiger charge is -2.11. The fraction of sp³-hybridized carbons (Fsp3) is 0.263. The van der Waals surface area contributed by atoms with Gasteiger partial charge in [0.25, 0.3) is 0 Å². The molecule has 0 aliphatic heterocycles. The van der Waals surface area contributed by atoms with Crippen LogP contribution in [-0.2, 0) is 16.0 Å². The highest BCUT2D eigenvalue weighted by atomic mass is 16.5. The van der Waals surface area contributed by atoms with Crippen molar-refractivity contribution < 1.29 is 19.1 Å². The molecule has 0 radical (unpaired) electrons. The summed E-state index contributed by atoms with van der Waals surface area (Å²) in [6.07, 6.45) is 1.60. The van der Waals surface area contributed by atoms with Gasteiger partial charge >= 0.3 is 11.8 Å². The Kier molecular flexibility index (Phi) is 6.83. The summed E-state index contributed by atoms with van der Waals surface area (Å²) < 4.78 is 10.3. The van der Waals surface area contributed by atoms with E-state index >= 15 is 0 Å². The van der Waals surface area contributed by atoms with Crippen LogP contribution in [0.1, 0.15) is 12.0 Å². The minimum atomic E-state index is -0.733. The van der Waals surface area contributed by atoms with Gasteiger partial charge in [0.1, 0.15) is 11.5 Å². The molecule has 0 aliphatic carbocycles. The van der Waals surface area contributed by atoms with E-state index in [0.717, 1.165) is 12.8 Å². The first kappa shape index (κ1) is 18.3. The average molecular weight is 342 g/mol. The second-order valence-corrected chi connectivity index (χ2v) is 5.37. The topological polar surface area (TPSA) is 76.7 Å². The molecule has 0 heterocycles. The van der Waals surface area contributed by atoms with Crippen LogP contribution in [0.25, 0.3) is 0 Å². The first-order chi connectivity index (χ1) is 12.1. The Balaban J connectivity index is 1.81. The number of aryl methyl sites for hydroxylation is 1. The minimum absolute atomic E-state index is 0.410. The molecule has 0 atom stereocenters. The lowest BCUT2D eigenvalue weighted by Crippen LogP contribution is -2.36. The summed E-state index contributed by atoms with van der Waals surface area (Å²) in [5, 5.41) is 5.16. The zero-order valence-corrected chi connectivity index (χ0v) is 14.4. The second-order valence-electron chi connectivity index (χ2n) is 5.37. The van der Waals surface area contributed by atoms with E-state index in [1.807, 2.05) is 30.3 Å². The number of hydrogen-bond donors (Lipinski definition) is 2. The quantitative estimate of drug-likeness (QED) is 0.598. The molecule has 2 amide bonds. The Morgan fingerprint density at radius 1 is 0.960 bits per heavy atom. The number of ether oxygens (including phenoxy) is 2. The summed E-state index contributed by atoms with van der Waals surface area (Å²) >= 11 is 0. The fourth-order valence-electron chi connectivity index (χ4n) is 2.30. The van der Waals surface area contributed by atoms with Crippen LogP contribution < -0.4 is 20.1 Å². The van der Waals surface area contributed by atoms with Gasteiger partial charge in [0.2, 0.25) is 0 Å². The SMILES string of the molecule is COc1ccc(NC(=O)C(=O)NCCCc2ccccc2)c(OC)c1. The summed E-state index contributed by atoms with van der Waals surface area (Å²) in [5.41, 5.74) is 1.61. The third-order valence-electron chi connectivity index (χ3n) is 3.63. The summed E-state index contributed by atoms with van der Waals surface area (Å²) in [5.74, 6) is -0.390. The van der Waals surface area contributed by atoms with E-state index in [1.54, 1.807) is 18.2 Å². The van der Waals surface area contributed by atoms with Crippen LogP contribution in [0.15, 0.2) is 48.5 Å². The van der Waals surface area contributed by atoms with E-state index in [-0.39, 0.29) is 0 Å². The van der Waals surface area contributed by atoms with E-state index in [1.165, 1.54) is 19.8 Å². The summed E-state index contributed by atoms with van der Waals surface area (Å²) in [4.78, 5) is 23.9. The van der Waals surface area contributed by atoms with Gasteiger partial charge in [-0.1, -0.05) is 30.3 Å². The first-order valence-electron chi connectivity index (χ1n) is 7.99. The average Bonchev–Trinajstić information content (AvgIpc) is 2.66. The van der Waals surface area contributed by atoms with Crippen LogP contribution in [0.2, 0.25) is 0 Å². The number of hydrogen-bond acceptors (Lipinski definition) is 4. The normalized spacial score (nSPS) is 10.0. The number of amides is 2. The number of rotatable bonds is 7. The molecule has 6 heteroatoms. The van der Waals surface area contributed by atoms with Crippen LogP contribution in [0, 0.1) is 0 Å². The highest BCUT2D eigenvalue weighted by molar-refractivity contribution is 6.39. The number of carbonyl (C=O) groups is 2. The highest BCUT2D eigenvalue weighted by Gasteiger charge is 2.15. The molecule has 2 rings (SSSR count). The van der Waals surface area contributed by atoms with E-state index < -0.39 is 11.8 Å². The van der Waals surface area contributed by atoms with E-state index in [2.05, 4.69) is 10.6 Å². The van der Waals surface area contributed by atoms with Crippen molar-refractivity contribution in [3.8, 4) is 11.5 Å². The van der Waals surface area contributed by atoms with Crippen molar-refractivity contribution in [1.82, 2.24) is 5.32 Å². The Hall–Kier alpha value is -3.02. The predicted octanol–water partition coefficient (Wildman–Crippen LogP) is 2.39. The van der Waals surface area contributed by atoms with Crippen molar-refractivity contribution in [2.75, 3.05) is 26.1 Å². The van der Waals surface area contributed by atoms with Crippen LogP contribution in [0.4, 0.5) is 5.69 Å². The van der Waals surface area contributed by atoms with Crippen LogP contribution in [0.5, 0.6) is 11.5 Å². The molecule has 0 spiro atoms. The van der Waals surface area contributed by atoms with Crippen molar-refractivity contribution in [3.05, 3.63) is 54.1 Å². The number of anilines is 1. The number of nitrogens with one attached hydrogen (secondary N) is 2. The molecule has 2 aromatic rings. The number of methoxy groups -OCH3 is 2. The largest absolute Gasteiger partial charge is 0.497 e. The number of carbonyl (C=O) groups excluding carboxylic acids is 2. The molecule has 132 valence electrons. The summed E-state index contributed by atoms with van der Waals surface area (Å²) in [6, 6.07) is 14.9. The van der Waals surface area contributed by atoms with Gasteiger partial charge in [-0.3, -0.25) is 9.59 Å². The molecule has 0 saturated carbocycles. The first-order valence-corrected chi connectivity index (χ1v) is 7.99. The monoisotopic (exact) mass is 342 g/mol. The van der Waals surface area contributed by atoms with Gasteiger partial charge in [-0.25, -0.2) is 0 Å². The van der Waals surface area contributed by atoms with Crippen LogP contribution in [-0.4, -0.2) is 32.6 Å². The molecule has 0 aromatic heterocycles. The molecule has 0 saturated heterocycles. The van der Waals surface area contributed by atoms with Crippen molar-refractivity contribution in [2.24, 2.45) is 0 Å². The lowest BCUT2D eigenvalue weighted by molar-refractivity contribution is -0.136. The molecular formula is C19H22N2O4. The van der Waals surface area contributed by atoms with Crippen molar-refractivity contribution in [1.29, 1.82) is 0 Å². The number of benzene rings is 2. The molecule has 2 aromatic carbocycles. The van der Waals surface area contributed by atoms with Crippen LogP contribution >= 0.6 is 0 Å². The fourth-order valence-corrected chi connectivity index (χ4v) is 2.30. The van der Waals surface area contributed by atoms with Gasteiger partial charge in [-0.05, 0) is 30.5 Å². The smallest absolute Gasteiger partial charge is 0.313 e. The van der Waals surface area contributed by atoms with E-state index in [0.29, 0.717) is 23.7 Å². The molecule has 6 nitrogen and oxygen atoms in total. The van der Waals surface area contributed by atoms with Crippen molar-refractivity contribution in [2.45, 2.75) is 12.8 Å².